The van der Waals surface area contributed by atoms with E-state index in [4.69, 9.17) is 0 Å². The Balaban J connectivity index is 2.49. The summed E-state index contributed by atoms with van der Waals surface area (Å²) < 4.78 is 0. The first-order chi connectivity index (χ1) is 7.29. The molecule has 1 N–H and O–H groups in total. The van der Waals surface area contributed by atoms with E-state index in [9.17, 15) is 0 Å². The van der Waals surface area contributed by atoms with E-state index >= 15 is 0 Å². The Morgan fingerprint density at radius 3 is 2.73 bits per heavy atom. The van der Waals surface area contributed by atoms with Gasteiger partial charge in [0.05, 0.1) is 0 Å². The van der Waals surface area contributed by atoms with Crippen LogP contribution in [0.1, 0.15) is 5.69 Å². The summed E-state index contributed by atoms with van der Waals surface area (Å²) in [5.74, 6) is 1.46. The summed E-state index contributed by atoms with van der Waals surface area (Å²) in [7, 11) is 1.84. The van der Waals surface area contributed by atoms with Crippen molar-refractivity contribution in [3.63, 3.8) is 0 Å². The Kier molecular flexibility index (Phi) is 2.58. The van der Waals surface area contributed by atoms with Crippen LogP contribution in [0.2, 0.25) is 0 Å². The summed E-state index contributed by atoms with van der Waals surface area (Å²) in [4.78, 5) is 12.9. The fourth-order valence-corrected chi connectivity index (χ4v) is 1.31. The van der Waals surface area contributed by atoms with Crippen LogP contribution in [0.4, 0.5) is 5.82 Å². The lowest BCUT2D eigenvalue weighted by molar-refractivity contribution is 1.09. The molecule has 0 aliphatic rings. The molecular formula is C11H12N4. The second-order valence-corrected chi connectivity index (χ2v) is 3.18. The second kappa shape index (κ2) is 4.04. The van der Waals surface area contributed by atoms with Crippen LogP contribution in [0.3, 0.4) is 0 Å². The monoisotopic (exact) mass is 200 g/mol. The average Bonchev–Trinajstić information content (AvgIpc) is 2.29. The van der Waals surface area contributed by atoms with Crippen LogP contribution in [0.5, 0.6) is 0 Å². The highest BCUT2D eigenvalue weighted by Crippen LogP contribution is 2.14. The summed E-state index contributed by atoms with van der Waals surface area (Å²) in [5, 5.41) is 3.00. The molecule has 0 unspecified atom stereocenters. The summed E-state index contributed by atoms with van der Waals surface area (Å²) in [5.41, 5.74) is 1.72. The Labute approximate surface area is 88.4 Å². The largest absolute Gasteiger partial charge is 0.373 e. The van der Waals surface area contributed by atoms with Gasteiger partial charge in [0.15, 0.2) is 5.82 Å². The molecular weight excluding hydrogens is 188 g/mol. The summed E-state index contributed by atoms with van der Waals surface area (Å²) in [6.45, 7) is 1.94. The van der Waals surface area contributed by atoms with Crippen LogP contribution in [0.15, 0.2) is 30.5 Å². The summed E-state index contributed by atoms with van der Waals surface area (Å²) in [6, 6.07) is 7.59. The van der Waals surface area contributed by atoms with Crippen LogP contribution in [0.25, 0.3) is 11.5 Å². The van der Waals surface area contributed by atoms with E-state index < -0.39 is 0 Å². The molecule has 15 heavy (non-hydrogen) atoms. The number of aryl methyl sites for hydroxylation is 1. The molecule has 0 spiro atoms. The van der Waals surface area contributed by atoms with Crippen molar-refractivity contribution < 1.29 is 0 Å². The maximum atomic E-state index is 4.34. The van der Waals surface area contributed by atoms with E-state index in [1.165, 1.54) is 0 Å². The van der Waals surface area contributed by atoms with E-state index in [1.54, 1.807) is 6.20 Å². The number of aromatic nitrogens is 3. The molecule has 2 aromatic heterocycles. The highest BCUT2D eigenvalue weighted by molar-refractivity contribution is 5.52. The average molecular weight is 200 g/mol. The molecule has 0 saturated carbocycles. The minimum absolute atomic E-state index is 0.653. The van der Waals surface area contributed by atoms with Crippen molar-refractivity contribution in [1.82, 2.24) is 15.0 Å². The van der Waals surface area contributed by atoms with E-state index in [0.29, 0.717) is 5.82 Å². The molecule has 0 saturated heterocycles. The number of anilines is 1. The molecule has 4 heteroatoms. The van der Waals surface area contributed by atoms with Gasteiger partial charge in [0, 0.05) is 25.0 Å². The number of pyridine rings is 1. The number of hydrogen-bond acceptors (Lipinski definition) is 4. The number of nitrogens with zero attached hydrogens (tertiary/aromatic N) is 3. The molecule has 0 amide bonds. The fourth-order valence-electron chi connectivity index (χ4n) is 1.31. The van der Waals surface area contributed by atoms with Gasteiger partial charge in [-0.15, -0.1) is 0 Å². The lowest BCUT2D eigenvalue weighted by Crippen LogP contribution is -1.99. The molecule has 2 rings (SSSR count). The number of rotatable bonds is 2. The van der Waals surface area contributed by atoms with Crippen molar-refractivity contribution in [2.24, 2.45) is 0 Å². The molecule has 76 valence electrons. The summed E-state index contributed by atoms with van der Waals surface area (Å²) >= 11 is 0. The van der Waals surface area contributed by atoms with E-state index in [0.717, 1.165) is 17.2 Å². The zero-order valence-electron chi connectivity index (χ0n) is 8.73. The van der Waals surface area contributed by atoms with E-state index in [-0.39, 0.29) is 0 Å². The first kappa shape index (κ1) is 9.58. The lowest BCUT2D eigenvalue weighted by atomic mass is 10.3. The first-order valence-corrected chi connectivity index (χ1v) is 4.74. The number of nitrogens with one attached hydrogen (secondary N) is 1. The number of hydrogen-bond donors (Lipinski definition) is 1. The zero-order chi connectivity index (χ0) is 10.7. The van der Waals surface area contributed by atoms with Gasteiger partial charge < -0.3 is 5.32 Å². The van der Waals surface area contributed by atoms with Gasteiger partial charge >= 0.3 is 0 Å². The van der Waals surface area contributed by atoms with Gasteiger partial charge in [-0.1, -0.05) is 6.07 Å². The normalized spacial score (nSPS) is 10.0. The molecule has 0 radical (unpaired) electrons. The maximum absolute atomic E-state index is 4.34. The van der Waals surface area contributed by atoms with Crippen LogP contribution in [0, 0.1) is 6.92 Å². The highest BCUT2D eigenvalue weighted by atomic mass is 15.0. The van der Waals surface area contributed by atoms with Crippen LogP contribution in [-0.4, -0.2) is 22.0 Å². The van der Waals surface area contributed by atoms with Crippen molar-refractivity contribution in [3.8, 4) is 11.5 Å². The molecule has 4 nitrogen and oxygen atoms in total. The summed E-state index contributed by atoms with van der Waals surface area (Å²) in [6.07, 6.45) is 1.74. The molecule has 2 aromatic rings. The van der Waals surface area contributed by atoms with Crippen LogP contribution >= 0.6 is 0 Å². The predicted molar refractivity (Wildman–Crippen MR) is 59.5 cm³/mol. The minimum atomic E-state index is 0.653. The first-order valence-electron chi connectivity index (χ1n) is 4.74. The standard InChI is InChI=1S/C11H12N4/c1-8-7-10(12-2)15-11(14-8)9-5-3-4-6-13-9/h3-7H,1-2H3,(H,12,14,15). The molecule has 0 bridgehead atoms. The zero-order valence-corrected chi connectivity index (χ0v) is 8.73. The van der Waals surface area contributed by atoms with Gasteiger partial charge in [-0.2, -0.15) is 0 Å². The Hall–Kier alpha value is -1.97. The van der Waals surface area contributed by atoms with Gasteiger partial charge in [0.2, 0.25) is 0 Å². The van der Waals surface area contributed by atoms with Gasteiger partial charge in [0.1, 0.15) is 11.5 Å². The van der Waals surface area contributed by atoms with Crippen molar-refractivity contribution in [1.29, 1.82) is 0 Å². The van der Waals surface area contributed by atoms with E-state index in [1.807, 2.05) is 38.2 Å². The third kappa shape index (κ3) is 2.10. The van der Waals surface area contributed by atoms with Gasteiger partial charge in [-0.3, -0.25) is 4.98 Å². The third-order valence-corrected chi connectivity index (χ3v) is 2.00. The minimum Gasteiger partial charge on any atom is -0.373 e. The van der Waals surface area contributed by atoms with Crippen molar-refractivity contribution in [2.75, 3.05) is 12.4 Å². The van der Waals surface area contributed by atoms with Gasteiger partial charge in [0.25, 0.3) is 0 Å². The maximum Gasteiger partial charge on any atom is 0.180 e. The lowest BCUT2D eigenvalue weighted by Gasteiger charge is -2.04. The second-order valence-electron chi connectivity index (χ2n) is 3.18. The third-order valence-electron chi connectivity index (χ3n) is 2.00. The van der Waals surface area contributed by atoms with Crippen molar-refractivity contribution >= 4 is 5.82 Å². The molecule has 0 atom stereocenters. The predicted octanol–water partition coefficient (Wildman–Crippen LogP) is 1.89. The Morgan fingerprint density at radius 2 is 2.07 bits per heavy atom. The Bertz CT molecular complexity index is 453. The topological polar surface area (TPSA) is 50.7 Å². The Morgan fingerprint density at radius 1 is 1.20 bits per heavy atom. The van der Waals surface area contributed by atoms with Crippen LogP contribution < -0.4 is 5.32 Å². The smallest absolute Gasteiger partial charge is 0.180 e. The quantitative estimate of drug-likeness (QED) is 0.804. The van der Waals surface area contributed by atoms with Crippen molar-refractivity contribution in [2.45, 2.75) is 6.92 Å². The fraction of sp³-hybridized carbons (Fsp3) is 0.182. The van der Waals surface area contributed by atoms with Crippen molar-refractivity contribution in [3.05, 3.63) is 36.2 Å². The molecule has 0 aliphatic heterocycles. The molecule has 0 fully saturated rings. The van der Waals surface area contributed by atoms with Crippen LogP contribution in [-0.2, 0) is 0 Å². The molecule has 0 aliphatic carbocycles. The van der Waals surface area contributed by atoms with Gasteiger partial charge in [-0.05, 0) is 19.1 Å². The van der Waals surface area contributed by atoms with E-state index in [2.05, 4.69) is 20.3 Å². The van der Waals surface area contributed by atoms with Gasteiger partial charge in [-0.25, -0.2) is 9.97 Å². The molecule has 0 aromatic carbocycles. The SMILES string of the molecule is CNc1cc(C)nc(-c2ccccn2)n1. The highest BCUT2D eigenvalue weighted by Gasteiger charge is 2.04. The molecule has 2 heterocycles.